The van der Waals surface area contributed by atoms with Crippen LogP contribution in [-0.4, -0.2) is 103 Å². The van der Waals surface area contributed by atoms with Gasteiger partial charge in [0, 0.05) is 63.1 Å². The fraction of sp³-hybridized carbons (Fsp3) is 0. The van der Waals surface area contributed by atoms with Gasteiger partial charge in [0.25, 0.3) is 0 Å². The first-order chi connectivity index (χ1) is 7.00. The minimum absolute atomic E-state index is 0. The molecule has 0 aromatic heterocycles. The quantitative estimate of drug-likeness (QED) is 0.550. The van der Waals surface area contributed by atoms with Crippen LogP contribution >= 0.6 is 0 Å². The molecule has 0 N–H and O–H groups in total. The summed E-state index contributed by atoms with van der Waals surface area (Å²) in [5.74, 6) is 0. The SMILES string of the molecule is C#N.C#N.C#N.C#N.C#N.C#N.C#N.[Fe].[KH].[KH]. The first-order valence-electron chi connectivity index (χ1n) is 1.81. The van der Waals surface area contributed by atoms with Crippen LogP contribution in [0.2, 0.25) is 0 Å². The second kappa shape index (κ2) is 76100. The van der Waals surface area contributed by atoms with Crippen LogP contribution in [0.5, 0.6) is 0 Å². The van der Waals surface area contributed by atoms with Crippen molar-refractivity contribution in [3.63, 3.8) is 0 Å². The molecule has 17 heavy (non-hydrogen) atoms. The van der Waals surface area contributed by atoms with Crippen molar-refractivity contribution in [3.8, 4) is 46.0 Å². The van der Waals surface area contributed by atoms with Crippen molar-refractivity contribution in [1.82, 2.24) is 0 Å². The van der Waals surface area contributed by atoms with Crippen LogP contribution in [0.1, 0.15) is 0 Å². The van der Waals surface area contributed by atoms with Gasteiger partial charge in [0.15, 0.2) is 0 Å². The van der Waals surface area contributed by atoms with Gasteiger partial charge in [0.1, 0.15) is 0 Å². The zero-order chi connectivity index (χ0) is 14.0. The summed E-state index contributed by atoms with van der Waals surface area (Å²) >= 11 is 0. The molecular weight excluding hydrogens is 316 g/mol. The normalized spacial score (nSPS) is 0.824. The predicted molar refractivity (Wildman–Crippen MR) is 61.0 cm³/mol. The van der Waals surface area contributed by atoms with Crippen LogP contribution in [-0.2, 0) is 17.1 Å². The molecule has 0 aliphatic rings. The zero-order valence-electron chi connectivity index (χ0n) is 7.53. The van der Waals surface area contributed by atoms with E-state index in [1.165, 1.54) is 0 Å². The third-order valence-corrected chi connectivity index (χ3v) is 0. The fourth-order valence-corrected chi connectivity index (χ4v) is 0. The van der Waals surface area contributed by atoms with E-state index in [0.29, 0.717) is 0 Å². The molecule has 0 rings (SSSR count). The first kappa shape index (κ1) is 86.9. The molecule has 0 atom stereocenters. The van der Waals surface area contributed by atoms with E-state index in [2.05, 4.69) is 46.0 Å². The molecule has 0 unspecified atom stereocenters. The van der Waals surface area contributed by atoms with Gasteiger partial charge < -0.3 is 0 Å². The van der Waals surface area contributed by atoms with E-state index in [-0.39, 0.29) is 120 Å². The Bertz CT molecular complexity index is 120. The summed E-state index contributed by atoms with van der Waals surface area (Å²) in [5, 5.41) is 45.5. The molecule has 0 radical (unpaired) electrons. The van der Waals surface area contributed by atoms with E-state index in [4.69, 9.17) is 36.8 Å². The Kier molecular flexibility index (Phi) is 389000. The summed E-state index contributed by atoms with van der Waals surface area (Å²) in [6.45, 7) is 24.5. The third-order valence-electron chi connectivity index (χ3n) is 0. The molecule has 10 heteroatoms. The summed E-state index contributed by atoms with van der Waals surface area (Å²) in [7, 11) is 0. The van der Waals surface area contributed by atoms with Gasteiger partial charge in [-0.2, -0.15) is 0 Å². The summed E-state index contributed by atoms with van der Waals surface area (Å²) in [6, 6.07) is 0. The maximum absolute atomic E-state index is 6.50. The Balaban J connectivity index is -0.00000000408. The van der Waals surface area contributed by atoms with E-state index in [9.17, 15) is 0 Å². The molecule has 0 bridgehead atoms. The van der Waals surface area contributed by atoms with Crippen LogP contribution < -0.4 is 0 Å². The number of nitriles is 7. The van der Waals surface area contributed by atoms with Crippen molar-refractivity contribution in [2.24, 2.45) is 0 Å². The molecule has 0 saturated carbocycles. The van der Waals surface area contributed by atoms with Crippen LogP contribution in [0.15, 0.2) is 0 Å². The second-order valence-corrected chi connectivity index (χ2v) is 0. The van der Waals surface area contributed by atoms with Crippen molar-refractivity contribution in [1.29, 1.82) is 36.8 Å². The number of nitrogens with zero attached hydrogens (tertiary/aromatic N) is 7. The van der Waals surface area contributed by atoms with Crippen molar-refractivity contribution >= 4 is 103 Å². The van der Waals surface area contributed by atoms with Gasteiger partial charge in [-0.15, -0.1) is 0 Å². The summed E-state index contributed by atoms with van der Waals surface area (Å²) < 4.78 is 0. The Labute approximate surface area is 198 Å². The van der Waals surface area contributed by atoms with Crippen LogP contribution in [0.4, 0.5) is 0 Å². The van der Waals surface area contributed by atoms with Gasteiger partial charge in [0.05, 0.1) is 0 Å². The van der Waals surface area contributed by atoms with E-state index in [1.807, 2.05) is 0 Å². The van der Waals surface area contributed by atoms with Gasteiger partial charge in [-0.05, 0) is 0 Å². The first-order valence-corrected chi connectivity index (χ1v) is 1.81. The van der Waals surface area contributed by atoms with Crippen LogP contribution in [0.25, 0.3) is 0 Å². The molecule has 82 valence electrons. The average Bonchev–Trinajstić information content (AvgIpc) is 2.45. The summed E-state index contributed by atoms with van der Waals surface area (Å²) in [4.78, 5) is 0. The maximum atomic E-state index is 6.50. The topological polar surface area (TPSA) is 167 Å². The van der Waals surface area contributed by atoms with Gasteiger partial charge in [-0.3, -0.25) is 0 Å². The molecule has 0 heterocycles. The molecule has 0 fully saturated rings. The zero-order valence-corrected chi connectivity index (χ0v) is 8.63. The molecule has 0 aromatic rings. The number of hydrogen-bond acceptors (Lipinski definition) is 7. The minimum atomic E-state index is 0. The second-order valence-electron chi connectivity index (χ2n) is 0. The molecular formula is C7H9FeK2N7. The van der Waals surface area contributed by atoms with Crippen LogP contribution in [0, 0.1) is 82.8 Å². The van der Waals surface area contributed by atoms with Gasteiger partial charge >= 0.3 is 103 Å². The Morgan fingerprint density at radius 1 is 0.294 bits per heavy atom. The fourth-order valence-electron chi connectivity index (χ4n) is 0. The van der Waals surface area contributed by atoms with E-state index >= 15 is 0 Å². The van der Waals surface area contributed by atoms with Crippen LogP contribution in [0.3, 0.4) is 0 Å². The third kappa shape index (κ3) is 66500. The van der Waals surface area contributed by atoms with Gasteiger partial charge in [-0.1, -0.05) is 0 Å². The molecule has 0 amide bonds. The molecule has 0 aromatic carbocycles. The number of hydrogen-bond donors (Lipinski definition) is 0. The van der Waals surface area contributed by atoms with Gasteiger partial charge in [0.2, 0.25) is 0 Å². The standard InChI is InChI=1S/7CHN.Fe.2K.2H/c7*1-2;;;;;/h7*1H;;;;;. The molecule has 0 saturated heterocycles. The predicted octanol–water partition coefficient (Wildman–Crippen LogP) is -0.321. The molecule has 0 aliphatic carbocycles. The van der Waals surface area contributed by atoms with Crippen molar-refractivity contribution in [3.05, 3.63) is 0 Å². The Morgan fingerprint density at radius 3 is 0.294 bits per heavy atom. The number of rotatable bonds is 0. The molecule has 0 aliphatic heterocycles. The summed E-state index contributed by atoms with van der Waals surface area (Å²) in [5.41, 5.74) is 0. The van der Waals surface area contributed by atoms with E-state index in [0.717, 1.165) is 0 Å². The van der Waals surface area contributed by atoms with Crippen molar-refractivity contribution in [2.75, 3.05) is 0 Å². The Morgan fingerprint density at radius 2 is 0.294 bits per heavy atom. The van der Waals surface area contributed by atoms with Crippen molar-refractivity contribution < 1.29 is 17.1 Å². The monoisotopic (exact) mass is 325 g/mol. The molecule has 0 spiro atoms. The molecule has 7 nitrogen and oxygen atoms in total. The summed E-state index contributed by atoms with van der Waals surface area (Å²) in [6.07, 6.45) is 0. The van der Waals surface area contributed by atoms with E-state index in [1.54, 1.807) is 0 Å². The Hall–Kier alpha value is 0.222. The van der Waals surface area contributed by atoms with Gasteiger partial charge in [-0.25, -0.2) is 36.8 Å². The van der Waals surface area contributed by atoms with Crippen molar-refractivity contribution in [2.45, 2.75) is 0 Å². The van der Waals surface area contributed by atoms with E-state index < -0.39 is 0 Å². The average molecular weight is 325 g/mol.